The first kappa shape index (κ1) is 18.9. The number of nitrogens with one attached hydrogen (secondary N) is 2. The number of hydrogen-bond acceptors (Lipinski definition) is 3. The largest absolute Gasteiger partial charge is 0.314 e. The van der Waals surface area contributed by atoms with Gasteiger partial charge in [0.1, 0.15) is 0 Å². The highest BCUT2D eigenvalue weighted by Gasteiger charge is 2.28. The molecular formula is C15H33N3O2S. The van der Waals surface area contributed by atoms with E-state index in [0.29, 0.717) is 31.6 Å². The van der Waals surface area contributed by atoms with Crippen LogP contribution >= 0.6 is 0 Å². The van der Waals surface area contributed by atoms with E-state index in [0.717, 1.165) is 25.8 Å². The molecule has 0 amide bonds. The van der Waals surface area contributed by atoms with Gasteiger partial charge in [0.2, 0.25) is 0 Å². The first-order valence-electron chi connectivity index (χ1n) is 8.08. The third kappa shape index (κ3) is 7.58. The predicted octanol–water partition coefficient (Wildman–Crippen LogP) is 1.97. The lowest BCUT2D eigenvalue weighted by molar-refractivity contribution is 0.253. The molecule has 21 heavy (non-hydrogen) atoms. The highest BCUT2D eigenvalue weighted by molar-refractivity contribution is 7.87. The Balaban J connectivity index is 2.46. The zero-order valence-corrected chi connectivity index (χ0v) is 15.1. The fourth-order valence-corrected chi connectivity index (χ4v) is 3.78. The van der Waals surface area contributed by atoms with E-state index in [-0.39, 0.29) is 5.41 Å². The van der Waals surface area contributed by atoms with Crippen molar-refractivity contribution in [2.75, 3.05) is 26.2 Å². The van der Waals surface area contributed by atoms with Gasteiger partial charge in [0.25, 0.3) is 10.2 Å². The number of piperidine rings is 1. The number of hydrogen-bond donors (Lipinski definition) is 2. The van der Waals surface area contributed by atoms with Gasteiger partial charge in [0, 0.05) is 25.7 Å². The van der Waals surface area contributed by atoms with Crippen LogP contribution in [0.2, 0.25) is 0 Å². The lowest BCUT2D eigenvalue weighted by Gasteiger charge is -2.32. The number of nitrogens with zero attached hydrogens (tertiary/aromatic N) is 1. The van der Waals surface area contributed by atoms with Gasteiger partial charge in [-0.3, -0.25) is 0 Å². The van der Waals surface area contributed by atoms with Gasteiger partial charge in [-0.2, -0.15) is 12.7 Å². The summed E-state index contributed by atoms with van der Waals surface area (Å²) >= 11 is 0. The van der Waals surface area contributed by atoms with Crippen LogP contribution in [-0.4, -0.2) is 44.9 Å². The molecule has 1 fully saturated rings. The maximum Gasteiger partial charge on any atom is 0.279 e. The van der Waals surface area contributed by atoms with Gasteiger partial charge >= 0.3 is 0 Å². The number of rotatable bonds is 7. The minimum atomic E-state index is -3.32. The molecule has 126 valence electrons. The average molecular weight is 320 g/mol. The molecule has 1 saturated heterocycles. The molecular weight excluding hydrogens is 286 g/mol. The van der Waals surface area contributed by atoms with Crippen LogP contribution in [0.5, 0.6) is 0 Å². The van der Waals surface area contributed by atoms with Crippen LogP contribution < -0.4 is 10.0 Å². The Bertz CT molecular complexity index is 402. The van der Waals surface area contributed by atoms with Crippen molar-refractivity contribution in [1.29, 1.82) is 0 Å². The third-order valence-electron chi connectivity index (χ3n) is 3.80. The summed E-state index contributed by atoms with van der Waals surface area (Å²) in [7, 11) is -3.32. The van der Waals surface area contributed by atoms with Crippen molar-refractivity contribution in [1.82, 2.24) is 14.3 Å². The smallest absolute Gasteiger partial charge is 0.279 e. The normalized spacial score (nSPS) is 21.9. The van der Waals surface area contributed by atoms with Gasteiger partial charge in [-0.05, 0) is 37.1 Å². The zero-order chi connectivity index (χ0) is 16.1. The summed E-state index contributed by atoms with van der Waals surface area (Å²) in [6.07, 6.45) is 2.90. The summed E-state index contributed by atoms with van der Waals surface area (Å²) in [6, 6.07) is 0.446. The van der Waals surface area contributed by atoms with Crippen molar-refractivity contribution >= 4 is 10.2 Å². The van der Waals surface area contributed by atoms with Crippen molar-refractivity contribution in [2.45, 2.75) is 59.9 Å². The molecule has 0 aromatic rings. The van der Waals surface area contributed by atoms with Crippen LogP contribution in [0.15, 0.2) is 0 Å². The lowest BCUT2D eigenvalue weighted by atomic mass is 9.93. The molecule has 0 aromatic heterocycles. The van der Waals surface area contributed by atoms with E-state index < -0.39 is 10.2 Å². The Morgan fingerprint density at radius 2 is 1.95 bits per heavy atom. The van der Waals surface area contributed by atoms with E-state index in [1.165, 1.54) is 0 Å². The highest BCUT2D eigenvalue weighted by Crippen LogP contribution is 2.20. The van der Waals surface area contributed by atoms with Crippen LogP contribution in [0.4, 0.5) is 0 Å². The molecule has 1 rings (SSSR count). The van der Waals surface area contributed by atoms with Crippen molar-refractivity contribution < 1.29 is 8.42 Å². The van der Waals surface area contributed by atoms with Crippen LogP contribution in [0.1, 0.15) is 53.9 Å². The first-order valence-corrected chi connectivity index (χ1v) is 9.52. The van der Waals surface area contributed by atoms with Gasteiger partial charge < -0.3 is 5.32 Å². The molecule has 2 N–H and O–H groups in total. The van der Waals surface area contributed by atoms with Gasteiger partial charge in [-0.15, -0.1) is 0 Å². The molecule has 0 spiro atoms. The summed E-state index contributed by atoms with van der Waals surface area (Å²) in [5.41, 5.74) is 0.147. The molecule has 1 aliphatic heterocycles. The molecule has 0 radical (unpaired) electrons. The van der Waals surface area contributed by atoms with Gasteiger partial charge in [-0.25, -0.2) is 4.72 Å². The standard InChI is InChI=1S/C15H33N3O2S/c1-13(2)16-11-14-7-6-10-18(12-14)21(19,20)17-9-8-15(3,4)5/h13-14,16-17H,6-12H2,1-5H3. The molecule has 1 atom stereocenters. The second-order valence-electron chi connectivity index (χ2n) is 7.64. The summed E-state index contributed by atoms with van der Waals surface area (Å²) in [5, 5.41) is 3.41. The van der Waals surface area contributed by atoms with Crippen molar-refractivity contribution in [3.8, 4) is 0 Å². The van der Waals surface area contributed by atoms with Crippen molar-refractivity contribution in [3.05, 3.63) is 0 Å². The van der Waals surface area contributed by atoms with E-state index in [1.54, 1.807) is 4.31 Å². The van der Waals surface area contributed by atoms with Gasteiger partial charge in [-0.1, -0.05) is 34.6 Å². The Morgan fingerprint density at radius 1 is 1.29 bits per heavy atom. The van der Waals surface area contributed by atoms with Crippen LogP contribution in [0.25, 0.3) is 0 Å². The quantitative estimate of drug-likeness (QED) is 0.754. The molecule has 0 aliphatic carbocycles. The maximum atomic E-state index is 12.3. The van der Waals surface area contributed by atoms with E-state index in [2.05, 4.69) is 44.7 Å². The molecule has 0 saturated carbocycles. The molecule has 0 aromatic carbocycles. The molecule has 0 bridgehead atoms. The summed E-state index contributed by atoms with van der Waals surface area (Å²) in [6.45, 7) is 13.3. The monoisotopic (exact) mass is 319 g/mol. The van der Waals surface area contributed by atoms with Gasteiger partial charge in [0.05, 0.1) is 0 Å². The summed E-state index contributed by atoms with van der Waals surface area (Å²) in [5.74, 6) is 0.417. The summed E-state index contributed by atoms with van der Waals surface area (Å²) < 4.78 is 29.1. The highest BCUT2D eigenvalue weighted by atomic mass is 32.2. The second-order valence-corrected chi connectivity index (χ2v) is 9.39. The Morgan fingerprint density at radius 3 is 2.52 bits per heavy atom. The second kappa shape index (κ2) is 7.90. The average Bonchev–Trinajstić information content (AvgIpc) is 2.35. The van der Waals surface area contributed by atoms with Crippen molar-refractivity contribution in [2.24, 2.45) is 11.3 Å². The molecule has 1 heterocycles. The fourth-order valence-electron chi connectivity index (χ4n) is 2.46. The van der Waals surface area contributed by atoms with E-state index >= 15 is 0 Å². The van der Waals surface area contributed by atoms with E-state index in [9.17, 15) is 8.42 Å². The predicted molar refractivity (Wildman–Crippen MR) is 88.4 cm³/mol. The minimum Gasteiger partial charge on any atom is -0.314 e. The van der Waals surface area contributed by atoms with E-state index in [1.807, 2.05) is 0 Å². The summed E-state index contributed by atoms with van der Waals surface area (Å²) in [4.78, 5) is 0. The molecule has 1 unspecified atom stereocenters. The molecule has 1 aliphatic rings. The third-order valence-corrected chi connectivity index (χ3v) is 5.38. The van der Waals surface area contributed by atoms with Gasteiger partial charge in [0.15, 0.2) is 0 Å². The Kier molecular flexibility index (Phi) is 7.10. The maximum absolute atomic E-state index is 12.3. The van der Waals surface area contributed by atoms with E-state index in [4.69, 9.17) is 0 Å². The lowest BCUT2D eigenvalue weighted by Crippen LogP contribution is -2.48. The van der Waals surface area contributed by atoms with Crippen molar-refractivity contribution in [3.63, 3.8) is 0 Å². The molecule has 6 heteroatoms. The van der Waals surface area contributed by atoms with Crippen LogP contribution in [-0.2, 0) is 10.2 Å². The van der Waals surface area contributed by atoms with Crippen LogP contribution in [0.3, 0.4) is 0 Å². The molecule has 5 nitrogen and oxygen atoms in total. The van der Waals surface area contributed by atoms with Crippen LogP contribution in [0, 0.1) is 11.3 Å². The first-order chi connectivity index (χ1) is 9.60. The Hall–Kier alpha value is -0.170. The Labute approximate surface area is 131 Å². The SMILES string of the molecule is CC(C)NCC1CCCN(S(=O)(=O)NCCC(C)(C)C)C1. The topological polar surface area (TPSA) is 61.4 Å². The zero-order valence-electron chi connectivity index (χ0n) is 14.3. The minimum absolute atomic E-state index is 0.147. The fraction of sp³-hybridized carbons (Fsp3) is 1.00.